The second kappa shape index (κ2) is 12.0. The van der Waals surface area contributed by atoms with Crippen LogP contribution in [-0.4, -0.2) is 50.1 Å². The molecule has 0 unspecified atom stereocenters. The highest BCUT2D eigenvalue weighted by Crippen LogP contribution is 2.33. The van der Waals surface area contributed by atoms with E-state index < -0.39 is 0 Å². The van der Waals surface area contributed by atoms with Crippen LogP contribution >= 0.6 is 0 Å². The van der Waals surface area contributed by atoms with Gasteiger partial charge in [-0.25, -0.2) is 0 Å². The Morgan fingerprint density at radius 3 is 2.66 bits per heavy atom. The minimum atomic E-state index is -0.157. The van der Waals surface area contributed by atoms with Crippen LogP contribution in [0.15, 0.2) is 42.5 Å². The molecule has 0 aliphatic carbocycles. The predicted octanol–water partition coefficient (Wildman–Crippen LogP) is 3.34. The van der Waals surface area contributed by atoms with Gasteiger partial charge in [-0.05, 0) is 49.9 Å². The van der Waals surface area contributed by atoms with E-state index >= 15 is 0 Å². The predicted molar refractivity (Wildman–Crippen MR) is 122 cm³/mol. The van der Waals surface area contributed by atoms with Gasteiger partial charge in [0.05, 0.1) is 39.8 Å². The maximum Gasteiger partial charge on any atom is 0.239 e. The van der Waals surface area contributed by atoms with E-state index in [0.717, 1.165) is 36.1 Å². The van der Waals surface area contributed by atoms with Gasteiger partial charge in [0.25, 0.3) is 0 Å². The Morgan fingerprint density at radius 2 is 1.91 bits per heavy atom. The fraction of sp³-hybridized carbons (Fsp3) is 0.440. The molecule has 0 aromatic heterocycles. The summed E-state index contributed by atoms with van der Waals surface area (Å²) in [5, 5.41) is 2.93. The molecule has 7 nitrogen and oxygen atoms in total. The van der Waals surface area contributed by atoms with E-state index in [1.54, 1.807) is 12.0 Å². The van der Waals surface area contributed by atoms with Gasteiger partial charge < -0.3 is 24.4 Å². The van der Waals surface area contributed by atoms with Crippen LogP contribution in [0.25, 0.3) is 0 Å². The number of hydrogen-bond donors (Lipinski definition) is 1. The van der Waals surface area contributed by atoms with Crippen LogP contribution in [0.2, 0.25) is 0 Å². The Hall–Kier alpha value is -3.22. The maximum absolute atomic E-state index is 13.2. The number of ether oxygens (including phenoxy) is 3. The van der Waals surface area contributed by atoms with Crippen molar-refractivity contribution < 1.29 is 23.8 Å². The number of hydrogen-bond acceptors (Lipinski definition) is 5. The fourth-order valence-corrected chi connectivity index (χ4v) is 3.62. The van der Waals surface area contributed by atoms with Crippen molar-refractivity contribution in [1.29, 1.82) is 0 Å². The normalized spacial score (nSPS) is 15.2. The number of benzene rings is 2. The topological polar surface area (TPSA) is 77.1 Å². The minimum absolute atomic E-state index is 0.00666. The van der Waals surface area contributed by atoms with Gasteiger partial charge in [-0.1, -0.05) is 24.3 Å². The Bertz CT molecular complexity index is 898. The first-order chi connectivity index (χ1) is 15.6. The van der Waals surface area contributed by atoms with Crippen LogP contribution < -0.4 is 19.5 Å². The molecule has 0 saturated heterocycles. The molecular weight excluding hydrogens is 408 g/mol. The van der Waals surface area contributed by atoms with E-state index in [4.69, 9.17) is 14.2 Å². The lowest BCUT2D eigenvalue weighted by atomic mass is 10.1. The molecule has 0 saturated carbocycles. The largest absolute Gasteiger partial charge is 0.497 e. The molecule has 0 atom stereocenters. The molecule has 0 spiro atoms. The highest BCUT2D eigenvalue weighted by atomic mass is 16.5. The number of rotatable bonds is 5. The second-order valence-electron chi connectivity index (χ2n) is 7.71. The molecule has 32 heavy (non-hydrogen) atoms. The average molecular weight is 441 g/mol. The third-order valence-electron chi connectivity index (χ3n) is 5.31. The first kappa shape index (κ1) is 23.4. The molecule has 0 bridgehead atoms. The van der Waals surface area contributed by atoms with E-state index in [2.05, 4.69) is 5.32 Å². The molecule has 1 N–H and O–H groups in total. The van der Waals surface area contributed by atoms with Gasteiger partial charge in [0.15, 0.2) is 11.5 Å². The Labute approximate surface area is 189 Å². The lowest BCUT2D eigenvalue weighted by Gasteiger charge is -2.24. The lowest BCUT2D eigenvalue weighted by molar-refractivity contribution is -0.136. The van der Waals surface area contributed by atoms with Crippen molar-refractivity contribution in [2.45, 2.75) is 39.2 Å². The van der Waals surface area contributed by atoms with Crippen LogP contribution in [0, 0.1) is 0 Å². The van der Waals surface area contributed by atoms with Crippen molar-refractivity contribution in [3.8, 4) is 17.2 Å². The van der Waals surface area contributed by atoms with Crippen molar-refractivity contribution >= 4 is 11.8 Å². The number of para-hydroxylation sites is 1. The van der Waals surface area contributed by atoms with Gasteiger partial charge in [-0.15, -0.1) is 0 Å². The van der Waals surface area contributed by atoms with E-state index in [0.29, 0.717) is 31.3 Å². The fourth-order valence-electron chi connectivity index (χ4n) is 3.62. The average Bonchev–Trinajstić information content (AvgIpc) is 2.81. The molecule has 1 aliphatic rings. The summed E-state index contributed by atoms with van der Waals surface area (Å²) in [5.74, 6) is 1.75. The van der Waals surface area contributed by atoms with Gasteiger partial charge in [0.1, 0.15) is 5.75 Å². The van der Waals surface area contributed by atoms with Gasteiger partial charge in [0, 0.05) is 12.1 Å². The zero-order valence-corrected chi connectivity index (χ0v) is 18.9. The van der Waals surface area contributed by atoms with Gasteiger partial charge in [0.2, 0.25) is 11.8 Å². The quantitative estimate of drug-likeness (QED) is 0.772. The van der Waals surface area contributed by atoms with E-state index in [1.807, 2.05) is 49.4 Å². The Morgan fingerprint density at radius 1 is 1.09 bits per heavy atom. The SMILES string of the molecule is CCOc1cccc2c1OCCCCCNC(=O)CN(C(=O)Cc1ccc(OC)cc1)C2. The van der Waals surface area contributed by atoms with Crippen molar-refractivity contribution in [1.82, 2.24) is 10.2 Å². The van der Waals surface area contributed by atoms with Crippen LogP contribution in [0.3, 0.4) is 0 Å². The smallest absolute Gasteiger partial charge is 0.239 e. The van der Waals surface area contributed by atoms with Crippen LogP contribution in [-0.2, 0) is 22.6 Å². The van der Waals surface area contributed by atoms with Crippen molar-refractivity contribution in [2.75, 3.05) is 33.4 Å². The third-order valence-corrected chi connectivity index (χ3v) is 5.31. The number of amides is 2. The lowest BCUT2D eigenvalue weighted by Crippen LogP contribution is -2.41. The van der Waals surface area contributed by atoms with Crippen LogP contribution in [0.4, 0.5) is 0 Å². The summed E-state index contributed by atoms with van der Waals surface area (Å²) >= 11 is 0. The molecule has 1 heterocycles. The number of methoxy groups -OCH3 is 1. The maximum atomic E-state index is 13.2. The number of fused-ring (bicyclic) bond motifs is 1. The molecule has 0 radical (unpaired) electrons. The first-order valence-corrected chi connectivity index (χ1v) is 11.2. The monoisotopic (exact) mass is 440 g/mol. The van der Waals surface area contributed by atoms with Crippen molar-refractivity contribution in [3.63, 3.8) is 0 Å². The van der Waals surface area contributed by atoms with E-state index in [-0.39, 0.29) is 31.3 Å². The molecule has 2 aromatic carbocycles. The highest BCUT2D eigenvalue weighted by Gasteiger charge is 2.21. The van der Waals surface area contributed by atoms with Crippen molar-refractivity contribution in [2.24, 2.45) is 0 Å². The third kappa shape index (κ3) is 6.64. The molecule has 2 amide bonds. The minimum Gasteiger partial charge on any atom is -0.497 e. The summed E-state index contributed by atoms with van der Waals surface area (Å²) in [4.78, 5) is 27.3. The van der Waals surface area contributed by atoms with Crippen molar-refractivity contribution in [3.05, 3.63) is 53.6 Å². The summed E-state index contributed by atoms with van der Waals surface area (Å²) in [6.07, 6.45) is 2.90. The number of carbonyl (C=O) groups is 2. The molecule has 2 aromatic rings. The molecular formula is C25H32N2O5. The molecule has 172 valence electrons. The molecule has 7 heteroatoms. The molecule has 3 rings (SSSR count). The number of nitrogens with zero attached hydrogens (tertiary/aromatic N) is 1. The Kier molecular flexibility index (Phi) is 8.78. The van der Waals surface area contributed by atoms with Gasteiger partial charge >= 0.3 is 0 Å². The number of carbonyl (C=O) groups excluding carboxylic acids is 2. The summed E-state index contributed by atoms with van der Waals surface area (Å²) < 4.78 is 17.1. The Balaban J connectivity index is 1.86. The highest BCUT2D eigenvalue weighted by molar-refractivity contribution is 5.86. The molecule has 0 fully saturated rings. The number of nitrogens with one attached hydrogen (secondary N) is 1. The molecule has 1 aliphatic heterocycles. The van der Waals surface area contributed by atoms with Gasteiger partial charge in [-0.2, -0.15) is 0 Å². The second-order valence-corrected chi connectivity index (χ2v) is 7.71. The summed E-state index contributed by atoms with van der Waals surface area (Å²) in [6.45, 7) is 3.85. The van der Waals surface area contributed by atoms with Crippen LogP contribution in [0.1, 0.15) is 37.3 Å². The summed E-state index contributed by atoms with van der Waals surface area (Å²) in [6, 6.07) is 13.1. The zero-order valence-electron chi connectivity index (χ0n) is 18.9. The van der Waals surface area contributed by atoms with Gasteiger partial charge in [-0.3, -0.25) is 9.59 Å². The van der Waals surface area contributed by atoms with Crippen LogP contribution in [0.5, 0.6) is 17.2 Å². The van der Waals surface area contributed by atoms with E-state index in [1.165, 1.54) is 0 Å². The standard InChI is InChI=1S/C25H32N2O5/c1-3-31-22-9-7-8-20-17-27(24(29)16-19-10-12-21(30-2)13-11-19)18-23(28)26-14-5-4-6-15-32-25(20)22/h7-13H,3-6,14-18H2,1-2H3,(H,26,28). The summed E-state index contributed by atoms with van der Waals surface area (Å²) in [7, 11) is 1.60. The summed E-state index contributed by atoms with van der Waals surface area (Å²) in [5.41, 5.74) is 1.68. The zero-order chi connectivity index (χ0) is 22.8. The first-order valence-electron chi connectivity index (χ1n) is 11.2. The van der Waals surface area contributed by atoms with E-state index in [9.17, 15) is 9.59 Å².